The van der Waals surface area contributed by atoms with Gasteiger partial charge in [0.25, 0.3) is 0 Å². The second-order valence-electron chi connectivity index (χ2n) is 4.21. The molecule has 0 aromatic carbocycles. The lowest BCUT2D eigenvalue weighted by molar-refractivity contribution is 0.316. The first-order chi connectivity index (χ1) is 6.84. The summed E-state index contributed by atoms with van der Waals surface area (Å²) in [7, 11) is 0. The van der Waals surface area contributed by atoms with Gasteiger partial charge in [0.05, 0.1) is 5.69 Å². The number of fused-ring (bicyclic) bond motifs is 3. The Morgan fingerprint density at radius 2 is 2.12 bits per heavy atom. The second kappa shape index (κ2) is 5.54. The van der Waals surface area contributed by atoms with Gasteiger partial charge in [0.2, 0.25) is 0 Å². The van der Waals surface area contributed by atoms with Gasteiger partial charge >= 0.3 is 0 Å². The molecule has 16 heavy (non-hydrogen) atoms. The fourth-order valence-corrected chi connectivity index (χ4v) is 3.64. The largest absolute Gasteiger partial charge is 0.375 e. The number of halogens is 2. The van der Waals surface area contributed by atoms with Gasteiger partial charge in [-0.05, 0) is 32.2 Å². The van der Waals surface area contributed by atoms with Gasteiger partial charge in [0, 0.05) is 16.8 Å². The number of hydrogen-bond acceptors (Lipinski definition) is 4. The minimum absolute atomic E-state index is 0. The molecule has 0 amide bonds. The van der Waals surface area contributed by atoms with E-state index >= 15 is 0 Å². The van der Waals surface area contributed by atoms with Crippen LogP contribution in [0, 0.1) is 0 Å². The fraction of sp³-hybridized carbons (Fsp3) is 0.700. The highest BCUT2D eigenvalue weighted by atomic mass is 35.5. The quantitative estimate of drug-likeness (QED) is 0.768. The Morgan fingerprint density at radius 3 is 2.94 bits per heavy atom. The van der Waals surface area contributed by atoms with Crippen LogP contribution >= 0.6 is 36.2 Å². The summed E-state index contributed by atoms with van der Waals surface area (Å²) in [6, 6.07) is 0.665. The van der Waals surface area contributed by atoms with Gasteiger partial charge in [-0.3, -0.25) is 0 Å². The molecule has 0 saturated carbocycles. The lowest BCUT2D eigenvalue weighted by Crippen LogP contribution is -2.42. The number of nitrogen functional groups attached to an aromatic ring is 1. The van der Waals surface area contributed by atoms with Gasteiger partial charge in [0.15, 0.2) is 5.13 Å². The van der Waals surface area contributed by atoms with Crippen molar-refractivity contribution in [3.63, 3.8) is 0 Å². The Morgan fingerprint density at radius 1 is 1.31 bits per heavy atom. The SMILES string of the molecule is Cl.Cl.Nc1nc2c(s1)CC[C@H]1NCCC[C@H]21. The van der Waals surface area contributed by atoms with E-state index in [1.54, 1.807) is 11.3 Å². The average molecular weight is 282 g/mol. The first-order valence-electron chi connectivity index (χ1n) is 5.33. The highest BCUT2D eigenvalue weighted by Gasteiger charge is 2.33. The molecule has 2 aliphatic rings. The number of rotatable bonds is 0. The summed E-state index contributed by atoms with van der Waals surface area (Å²) in [5.41, 5.74) is 7.07. The van der Waals surface area contributed by atoms with Gasteiger partial charge in [-0.15, -0.1) is 36.2 Å². The van der Waals surface area contributed by atoms with Crippen molar-refractivity contribution in [2.45, 2.75) is 37.6 Å². The minimum atomic E-state index is 0. The van der Waals surface area contributed by atoms with Gasteiger partial charge in [-0.25, -0.2) is 4.98 Å². The monoisotopic (exact) mass is 281 g/mol. The normalized spacial score (nSPS) is 27.0. The van der Waals surface area contributed by atoms with Crippen LogP contribution in [0.5, 0.6) is 0 Å². The minimum Gasteiger partial charge on any atom is -0.375 e. The van der Waals surface area contributed by atoms with Crippen LogP contribution in [0.2, 0.25) is 0 Å². The molecule has 1 aromatic heterocycles. The lowest BCUT2D eigenvalue weighted by atomic mass is 9.81. The summed E-state index contributed by atoms with van der Waals surface area (Å²) in [6.45, 7) is 1.18. The maximum Gasteiger partial charge on any atom is 0.180 e. The number of anilines is 1. The van der Waals surface area contributed by atoms with E-state index in [2.05, 4.69) is 10.3 Å². The molecule has 0 spiro atoms. The first kappa shape index (κ1) is 14.0. The predicted molar refractivity (Wildman–Crippen MR) is 73.1 cm³/mol. The number of aromatic nitrogens is 1. The number of piperidine rings is 1. The van der Waals surface area contributed by atoms with Crippen molar-refractivity contribution in [2.75, 3.05) is 12.3 Å². The van der Waals surface area contributed by atoms with E-state index in [1.165, 1.54) is 42.8 Å². The van der Waals surface area contributed by atoms with Crippen LogP contribution in [-0.2, 0) is 6.42 Å². The van der Waals surface area contributed by atoms with E-state index in [0.29, 0.717) is 12.0 Å². The molecule has 3 rings (SSSR count). The molecule has 1 aliphatic heterocycles. The van der Waals surface area contributed by atoms with Crippen molar-refractivity contribution >= 4 is 41.3 Å². The number of hydrogen-bond donors (Lipinski definition) is 2. The summed E-state index contributed by atoms with van der Waals surface area (Å²) in [5, 5.41) is 4.35. The molecule has 0 bridgehead atoms. The van der Waals surface area contributed by atoms with Crippen LogP contribution in [0.1, 0.15) is 35.8 Å². The molecule has 1 saturated heterocycles. The second-order valence-corrected chi connectivity index (χ2v) is 5.32. The van der Waals surface area contributed by atoms with E-state index < -0.39 is 0 Å². The molecule has 2 atom stereocenters. The lowest BCUT2D eigenvalue weighted by Gasteiger charge is -2.35. The Labute approximate surface area is 112 Å². The third-order valence-corrected chi connectivity index (χ3v) is 4.32. The molecule has 3 N–H and O–H groups in total. The van der Waals surface area contributed by atoms with Gasteiger partial charge < -0.3 is 11.1 Å². The zero-order valence-electron chi connectivity index (χ0n) is 8.94. The Bertz CT molecular complexity index is 356. The molecule has 3 nitrogen and oxygen atoms in total. The van der Waals surface area contributed by atoms with Crippen LogP contribution < -0.4 is 11.1 Å². The van der Waals surface area contributed by atoms with E-state index in [0.717, 1.165) is 5.13 Å². The molecule has 0 radical (unpaired) electrons. The summed E-state index contributed by atoms with van der Waals surface area (Å²) in [4.78, 5) is 5.93. The maximum absolute atomic E-state index is 5.77. The summed E-state index contributed by atoms with van der Waals surface area (Å²) in [6.07, 6.45) is 4.99. The van der Waals surface area contributed by atoms with Crippen molar-refractivity contribution in [2.24, 2.45) is 0 Å². The summed E-state index contributed by atoms with van der Waals surface area (Å²) in [5.74, 6) is 0.640. The van der Waals surface area contributed by atoms with Gasteiger partial charge in [-0.2, -0.15) is 0 Å². The Hall–Kier alpha value is -0.0300. The fourth-order valence-electron chi connectivity index (χ4n) is 2.72. The number of nitrogens with zero attached hydrogens (tertiary/aromatic N) is 1. The standard InChI is InChI=1S/C10H15N3S.2ClH/c11-10-13-9-6-2-1-5-12-7(6)3-4-8(9)14-10;;/h6-7,12H,1-5H2,(H2,11,13);2*1H/t6-,7+;;/m0../s1. The summed E-state index contributed by atoms with van der Waals surface area (Å²) >= 11 is 1.68. The molecule has 2 heterocycles. The molecule has 1 aromatic rings. The van der Waals surface area contributed by atoms with Crippen molar-refractivity contribution < 1.29 is 0 Å². The first-order valence-corrected chi connectivity index (χ1v) is 6.14. The van der Waals surface area contributed by atoms with Crippen LogP contribution in [0.25, 0.3) is 0 Å². The molecule has 6 heteroatoms. The van der Waals surface area contributed by atoms with Crippen molar-refractivity contribution in [1.82, 2.24) is 10.3 Å². The van der Waals surface area contributed by atoms with Crippen molar-refractivity contribution in [1.29, 1.82) is 0 Å². The van der Waals surface area contributed by atoms with Crippen LogP contribution in [-0.4, -0.2) is 17.6 Å². The van der Waals surface area contributed by atoms with Crippen LogP contribution in [0.4, 0.5) is 5.13 Å². The Balaban J connectivity index is 0.000000640. The number of nitrogens with one attached hydrogen (secondary N) is 1. The molecule has 1 fully saturated rings. The average Bonchev–Trinajstić information content (AvgIpc) is 2.59. The van der Waals surface area contributed by atoms with Gasteiger partial charge in [-0.1, -0.05) is 0 Å². The zero-order valence-corrected chi connectivity index (χ0v) is 11.4. The van der Waals surface area contributed by atoms with Gasteiger partial charge in [0.1, 0.15) is 0 Å². The zero-order chi connectivity index (χ0) is 9.54. The van der Waals surface area contributed by atoms with Crippen LogP contribution in [0.3, 0.4) is 0 Å². The van der Waals surface area contributed by atoms with E-state index in [4.69, 9.17) is 5.73 Å². The van der Waals surface area contributed by atoms with E-state index in [1.807, 2.05) is 0 Å². The van der Waals surface area contributed by atoms with Crippen LogP contribution in [0.15, 0.2) is 0 Å². The predicted octanol–water partition coefficient (Wildman–Crippen LogP) is 2.35. The topological polar surface area (TPSA) is 50.9 Å². The number of aryl methyl sites for hydroxylation is 1. The maximum atomic E-state index is 5.77. The molecular weight excluding hydrogens is 265 g/mol. The molecule has 92 valence electrons. The van der Waals surface area contributed by atoms with Crippen molar-refractivity contribution in [3.05, 3.63) is 10.6 Å². The number of thiazole rings is 1. The number of nitrogens with two attached hydrogens (primary N) is 1. The highest BCUT2D eigenvalue weighted by molar-refractivity contribution is 7.15. The third-order valence-electron chi connectivity index (χ3n) is 3.36. The summed E-state index contributed by atoms with van der Waals surface area (Å²) < 4.78 is 0. The smallest absolute Gasteiger partial charge is 0.180 e. The molecule has 1 aliphatic carbocycles. The van der Waals surface area contributed by atoms with Crippen molar-refractivity contribution in [3.8, 4) is 0 Å². The molecule has 0 unspecified atom stereocenters. The van der Waals surface area contributed by atoms with E-state index in [-0.39, 0.29) is 24.8 Å². The third kappa shape index (κ3) is 2.30. The molecular formula is C10H17Cl2N3S. The van der Waals surface area contributed by atoms with E-state index in [9.17, 15) is 0 Å². The highest BCUT2D eigenvalue weighted by Crippen LogP contribution is 2.39. The Kier molecular flexibility index (Phi) is 4.86.